The lowest BCUT2D eigenvalue weighted by molar-refractivity contribution is 0.232. The minimum Gasteiger partial charge on any atom is -0.508 e. The number of hydrogen-bond donors (Lipinski definition) is 1. The maximum Gasteiger partial charge on any atom is 0.213 e. The summed E-state index contributed by atoms with van der Waals surface area (Å²) in [5, 5.41) is 15.0. The van der Waals surface area contributed by atoms with Crippen LogP contribution in [0, 0.1) is 0 Å². The monoisotopic (exact) mass is 449 g/mol. The van der Waals surface area contributed by atoms with Crippen LogP contribution in [0.2, 0.25) is 5.02 Å². The zero-order chi connectivity index (χ0) is 21.9. The SMILES string of the molecule is Oc1ccc(Cl)c(-c2ccc3nc(Cc4ccnc(OCCN5CCCC5)c4)nn3c2)c1. The van der Waals surface area contributed by atoms with E-state index in [1.54, 1.807) is 28.9 Å². The standard InChI is InChI=1S/C24H24ClN5O2/c25-21-5-4-19(31)15-20(21)18-3-6-23-27-22(28-30(23)16-18)13-17-7-8-26-24(14-17)32-12-11-29-9-1-2-10-29/h3-8,14-16,31H,1-2,9-13H2. The molecule has 0 spiro atoms. The van der Waals surface area contributed by atoms with Crippen LogP contribution in [0.5, 0.6) is 11.6 Å². The molecule has 0 unspecified atom stereocenters. The van der Waals surface area contributed by atoms with Gasteiger partial charge in [0.25, 0.3) is 0 Å². The number of benzene rings is 1. The van der Waals surface area contributed by atoms with E-state index in [9.17, 15) is 5.11 Å². The number of ether oxygens (including phenoxy) is 1. The fourth-order valence-electron chi connectivity index (χ4n) is 4.01. The highest BCUT2D eigenvalue weighted by Crippen LogP contribution is 2.31. The first-order chi connectivity index (χ1) is 15.6. The summed E-state index contributed by atoms with van der Waals surface area (Å²) in [6, 6.07) is 12.6. The van der Waals surface area contributed by atoms with Crippen molar-refractivity contribution in [2.45, 2.75) is 19.3 Å². The van der Waals surface area contributed by atoms with Crippen LogP contribution in [-0.2, 0) is 6.42 Å². The van der Waals surface area contributed by atoms with Crippen LogP contribution in [0.1, 0.15) is 24.2 Å². The molecule has 8 heteroatoms. The Labute approximate surface area is 191 Å². The van der Waals surface area contributed by atoms with Crippen LogP contribution in [0.15, 0.2) is 54.9 Å². The van der Waals surface area contributed by atoms with Gasteiger partial charge in [-0.05, 0) is 67.9 Å². The number of aromatic nitrogens is 4. The molecule has 0 saturated carbocycles. The van der Waals surface area contributed by atoms with Gasteiger partial charge < -0.3 is 9.84 Å². The molecule has 32 heavy (non-hydrogen) atoms. The van der Waals surface area contributed by atoms with E-state index in [4.69, 9.17) is 16.3 Å². The first kappa shape index (κ1) is 20.7. The Morgan fingerprint density at radius 2 is 1.94 bits per heavy atom. The quantitative estimate of drug-likeness (QED) is 0.455. The van der Waals surface area contributed by atoms with E-state index < -0.39 is 0 Å². The molecule has 1 aromatic carbocycles. The second kappa shape index (κ2) is 9.14. The molecular weight excluding hydrogens is 426 g/mol. The summed E-state index contributed by atoms with van der Waals surface area (Å²) in [5.41, 5.74) is 3.39. The maximum atomic E-state index is 9.80. The Morgan fingerprint density at radius 1 is 1.06 bits per heavy atom. The van der Waals surface area contributed by atoms with Gasteiger partial charge in [-0.2, -0.15) is 5.10 Å². The Kier molecular flexibility index (Phi) is 5.92. The Bertz CT molecular complexity index is 1240. The van der Waals surface area contributed by atoms with Crippen LogP contribution < -0.4 is 4.74 Å². The van der Waals surface area contributed by atoms with Gasteiger partial charge >= 0.3 is 0 Å². The van der Waals surface area contributed by atoms with E-state index in [1.165, 1.54) is 12.8 Å². The highest BCUT2D eigenvalue weighted by molar-refractivity contribution is 6.33. The number of aromatic hydroxyl groups is 1. The van der Waals surface area contributed by atoms with E-state index in [1.807, 2.05) is 30.5 Å². The molecule has 0 atom stereocenters. The molecule has 7 nitrogen and oxygen atoms in total. The van der Waals surface area contributed by atoms with E-state index in [0.29, 0.717) is 29.8 Å². The minimum atomic E-state index is 0.167. The van der Waals surface area contributed by atoms with Crippen molar-refractivity contribution in [1.82, 2.24) is 24.5 Å². The minimum absolute atomic E-state index is 0.167. The number of phenolic OH excluding ortho intramolecular Hbond substituents is 1. The van der Waals surface area contributed by atoms with Crippen molar-refractivity contribution in [2.24, 2.45) is 0 Å². The van der Waals surface area contributed by atoms with Crippen LogP contribution >= 0.6 is 11.6 Å². The van der Waals surface area contributed by atoms with Gasteiger partial charge in [-0.25, -0.2) is 14.5 Å². The number of pyridine rings is 2. The predicted octanol–water partition coefficient (Wildman–Crippen LogP) is 4.22. The first-order valence-corrected chi connectivity index (χ1v) is 11.2. The number of rotatable bonds is 7. The van der Waals surface area contributed by atoms with E-state index in [0.717, 1.165) is 42.0 Å². The summed E-state index contributed by atoms with van der Waals surface area (Å²) in [7, 11) is 0. The van der Waals surface area contributed by atoms with Crippen molar-refractivity contribution in [3.05, 3.63) is 71.3 Å². The van der Waals surface area contributed by atoms with Crippen molar-refractivity contribution >= 4 is 17.2 Å². The second-order valence-corrected chi connectivity index (χ2v) is 8.40. The number of hydrogen-bond acceptors (Lipinski definition) is 6. The number of nitrogens with zero attached hydrogens (tertiary/aromatic N) is 5. The molecule has 3 aromatic heterocycles. The fraction of sp³-hybridized carbons (Fsp3) is 0.292. The molecule has 0 aliphatic carbocycles. The molecule has 0 amide bonds. The summed E-state index contributed by atoms with van der Waals surface area (Å²) in [6.45, 7) is 3.90. The zero-order valence-electron chi connectivity index (χ0n) is 17.6. The molecule has 164 valence electrons. The molecule has 0 radical (unpaired) electrons. The summed E-state index contributed by atoms with van der Waals surface area (Å²) < 4.78 is 7.59. The molecule has 1 N–H and O–H groups in total. The first-order valence-electron chi connectivity index (χ1n) is 10.8. The van der Waals surface area contributed by atoms with Gasteiger partial charge in [-0.1, -0.05) is 11.6 Å². The average molecular weight is 450 g/mol. The lowest BCUT2D eigenvalue weighted by atomic mass is 10.1. The lowest BCUT2D eigenvalue weighted by Gasteiger charge is -2.14. The van der Waals surface area contributed by atoms with Crippen molar-refractivity contribution in [3.63, 3.8) is 0 Å². The Balaban J connectivity index is 1.29. The normalized spacial score (nSPS) is 14.3. The van der Waals surface area contributed by atoms with Crippen molar-refractivity contribution in [2.75, 3.05) is 26.2 Å². The van der Waals surface area contributed by atoms with Gasteiger partial charge in [-0.15, -0.1) is 0 Å². The zero-order valence-corrected chi connectivity index (χ0v) is 18.4. The molecule has 4 heterocycles. The van der Waals surface area contributed by atoms with Gasteiger partial charge in [0.2, 0.25) is 5.88 Å². The number of phenols is 1. The van der Waals surface area contributed by atoms with Gasteiger partial charge in [-0.3, -0.25) is 4.90 Å². The summed E-state index contributed by atoms with van der Waals surface area (Å²) in [4.78, 5) is 11.4. The van der Waals surface area contributed by atoms with E-state index in [-0.39, 0.29) is 5.75 Å². The topological polar surface area (TPSA) is 75.8 Å². The van der Waals surface area contributed by atoms with Crippen LogP contribution in [0.3, 0.4) is 0 Å². The van der Waals surface area contributed by atoms with Gasteiger partial charge in [0.05, 0.1) is 0 Å². The Hall–Kier alpha value is -3.16. The van der Waals surface area contributed by atoms with Gasteiger partial charge in [0.15, 0.2) is 11.5 Å². The molecule has 0 bridgehead atoms. The summed E-state index contributed by atoms with van der Waals surface area (Å²) >= 11 is 6.31. The number of likely N-dealkylation sites (tertiary alicyclic amines) is 1. The molecule has 4 aromatic rings. The third kappa shape index (κ3) is 4.69. The highest BCUT2D eigenvalue weighted by Gasteiger charge is 2.12. The maximum absolute atomic E-state index is 9.80. The van der Waals surface area contributed by atoms with E-state index in [2.05, 4.69) is 20.0 Å². The Morgan fingerprint density at radius 3 is 2.81 bits per heavy atom. The largest absolute Gasteiger partial charge is 0.508 e. The summed E-state index contributed by atoms with van der Waals surface area (Å²) in [6.07, 6.45) is 6.77. The molecule has 1 fully saturated rings. The van der Waals surface area contributed by atoms with Crippen molar-refractivity contribution < 1.29 is 9.84 Å². The predicted molar refractivity (Wildman–Crippen MR) is 123 cm³/mol. The molecular formula is C24H24ClN5O2. The molecule has 1 saturated heterocycles. The highest BCUT2D eigenvalue weighted by atomic mass is 35.5. The van der Waals surface area contributed by atoms with Gasteiger partial charge in [0.1, 0.15) is 12.4 Å². The fourth-order valence-corrected chi connectivity index (χ4v) is 4.23. The smallest absolute Gasteiger partial charge is 0.213 e. The van der Waals surface area contributed by atoms with Crippen LogP contribution in [0.4, 0.5) is 0 Å². The van der Waals surface area contributed by atoms with Crippen molar-refractivity contribution in [1.29, 1.82) is 0 Å². The van der Waals surface area contributed by atoms with E-state index >= 15 is 0 Å². The third-order valence-corrected chi connectivity index (χ3v) is 5.98. The van der Waals surface area contributed by atoms with Crippen molar-refractivity contribution in [3.8, 4) is 22.8 Å². The molecule has 1 aliphatic rings. The van der Waals surface area contributed by atoms with Gasteiger partial charge in [0, 0.05) is 47.6 Å². The average Bonchev–Trinajstić information content (AvgIpc) is 3.44. The number of fused-ring (bicyclic) bond motifs is 1. The number of halogens is 1. The van der Waals surface area contributed by atoms with Crippen LogP contribution in [0.25, 0.3) is 16.8 Å². The van der Waals surface area contributed by atoms with Crippen LogP contribution in [-0.4, -0.2) is 55.8 Å². The second-order valence-electron chi connectivity index (χ2n) is 7.99. The lowest BCUT2D eigenvalue weighted by Crippen LogP contribution is -2.25. The summed E-state index contributed by atoms with van der Waals surface area (Å²) in [5.74, 6) is 1.50. The molecule has 5 rings (SSSR count). The molecule has 1 aliphatic heterocycles. The third-order valence-electron chi connectivity index (χ3n) is 5.65.